The average molecular weight is 260 g/mol. The Balaban J connectivity index is 2.49. The van der Waals surface area contributed by atoms with Gasteiger partial charge in [-0.2, -0.15) is 0 Å². The van der Waals surface area contributed by atoms with Gasteiger partial charge in [-0.25, -0.2) is 9.37 Å². The lowest BCUT2D eigenvalue weighted by Gasteiger charge is -1.97. The molecule has 0 radical (unpaired) electrons. The second-order valence-electron chi connectivity index (χ2n) is 3.06. The minimum atomic E-state index is -0.415. The Kier molecular flexibility index (Phi) is 5.49. The van der Waals surface area contributed by atoms with Crippen molar-refractivity contribution >= 4 is 34.6 Å². The summed E-state index contributed by atoms with van der Waals surface area (Å²) < 4.78 is 12.8. The predicted octanol–water partition coefficient (Wildman–Crippen LogP) is 3.56. The number of nitrogens with zero attached hydrogens (tertiary/aromatic N) is 1. The minimum Gasteiger partial charge on any atom is -0.288 e. The average Bonchev–Trinajstić information content (AvgIpc) is 2.22. The Morgan fingerprint density at radius 2 is 2.44 bits per heavy atom. The highest BCUT2D eigenvalue weighted by Gasteiger charge is 1.99. The molecule has 1 rings (SSSR count). The molecule has 0 unspecified atom stereocenters. The smallest absolute Gasteiger partial charge is 0.185 e. The van der Waals surface area contributed by atoms with Crippen molar-refractivity contribution in [3.05, 3.63) is 34.9 Å². The number of aromatic nitrogens is 1. The molecule has 0 aliphatic heterocycles. The van der Waals surface area contributed by atoms with Gasteiger partial charge in [0, 0.05) is 18.2 Å². The Bertz CT molecular complexity index is 409. The number of carbonyl (C=O) groups is 1. The van der Waals surface area contributed by atoms with Gasteiger partial charge < -0.3 is 0 Å². The summed E-state index contributed by atoms with van der Waals surface area (Å²) in [6, 6.07) is 1.32. The van der Waals surface area contributed by atoms with Gasteiger partial charge in [0.05, 0.1) is 6.20 Å². The molecule has 86 valence electrons. The summed E-state index contributed by atoms with van der Waals surface area (Å²) in [5.41, 5.74) is 0.550. The van der Waals surface area contributed by atoms with Crippen molar-refractivity contribution in [1.29, 1.82) is 0 Å². The monoisotopic (exact) mass is 259 g/mol. The van der Waals surface area contributed by atoms with Crippen molar-refractivity contribution in [2.75, 3.05) is 5.75 Å². The Morgan fingerprint density at radius 1 is 1.69 bits per heavy atom. The summed E-state index contributed by atoms with van der Waals surface area (Å²) in [7, 11) is 0. The van der Waals surface area contributed by atoms with E-state index in [0.29, 0.717) is 11.3 Å². The van der Waals surface area contributed by atoms with Gasteiger partial charge in [0.2, 0.25) is 0 Å². The Labute approximate surface area is 103 Å². The van der Waals surface area contributed by atoms with E-state index in [1.807, 2.05) is 6.08 Å². The minimum absolute atomic E-state index is 0.0962. The number of thioether (sulfide) groups is 1. The lowest BCUT2D eigenvalue weighted by molar-refractivity contribution is -0.109. The van der Waals surface area contributed by atoms with Crippen LogP contribution in [-0.4, -0.2) is 15.9 Å². The van der Waals surface area contributed by atoms with Crippen LogP contribution in [0.25, 0.3) is 6.08 Å². The zero-order chi connectivity index (χ0) is 12.0. The summed E-state index contributed by atoms with van der Waals surface area (Å²) in [4.78, 5) is 14.3. The van der Waals surface area contributed by atoms with Crippen LogP contribution in [0.1, 0.15) is 18.9 Å². The van der Waals surface area contributed by atoms with E-state index < -0.39 is 5.82 Å². The van der Waals surface area contributed by atoms with Crippen LogP contribution in [0.5, 0.6) is 0 Å². The Morgan fingerprint density at radius 3 is 3.12 bits per heavy atom. The molecule has 0 aliphatic rings. The maximum Gasteiger partial charge on any atom is 0.185 e. The van der Waals surface area contributed by atoms with Gasteiger partial charge in [-0.05, 0) is 12.5 Å². The third kappa shape index (κ3) is 4.77. The van der Waals surface area contributed by atoms with Crippen LogP contribution >= 0.6 is 23.4 Å². The molecule has 16 heavy (non-hydrogen) atoms. The largest absolute Gasteiger partial charge is 0.288 e. The van der Waals surface area contributed by atoms with Crippen LogP contribution < -0.4 is 0 Å². The zero-order valence-corrected chi connectivity index (χ0v) is 10.3. The standard InChI is InChI=1S/C11H11ClFNOS/c1-8(15)16-5-3-2-4-9-6-10(13)7-14-11(9)12/h2,4,6-7H,3,5H2,1H3. The number of hydrogen-bond acceptors (Lipinski definition) is 3. The fraction of sp³-hybridized carbons (Fsp3) is 0.273. The van der Waals surface area contributed by atoms with E-state index in [1.165, 1.54) is 24.8 Å². The molecule has 1 aromatic rings. The SMILES string of the molecule is CC(=O)SCCC=Cc1cc(F)cnc1Cl. The molecule has 1 heterocycles. The van der Waals surface area contributed by atoms with Crippen LogP contribution in [-0.2, 0) is 4.79 Å². The van der Waals surface area contributed by atoms with Gasteiger partial charge >= 0.3 is 0 Å². The first-order valence-corrected chi connectivity index (χ1v) is 6.07. The molecule has 0 bridgehead atoms. The van der Waals surface area contributed by atoms with Crippen molar-refractivity contribution in [3.8, 4) is 0 Å². The molecule has 0 N–H and O–H groups in total. The summed E-state index contributed by atoms with van der Waals surface area (Å²) in [6.07, 6.45) is 5.36. The first-order valence-electron chi connectivity index (χ1n) is 4.70. The van der Waals surface area contributed by atoms with Crippen molar-refractivity contribution in [2.45, 2.75) is 13.3 Å². The number of rotatable bonds is 4. The third-order valence-electron chi connectivity index (χ3n) is 1.72. The van der Waals surface area contributed by atoms with Crippen molar-refractivity contribution in [1.82, 2.24) is 4.98 Å². The molecule has 2 nitrogen and oxygen atoms in total. The molecule has 0 amide bonds. The summed E-state index contributed by atoms with van der Waals surface area (Å²) >= 11 is 7.03. The second-order valence-corrected chi connectivity index (χ2v) is 4.69. The first-order chi connectivity index (χ1) is 7.59. The molecule has 0 aromatic carbocycles. The van der Waals surface area contributed by atoms with Crippen LogP contribution in [0.15, 0.2) is 18.3 Å². The summed E-state index contributed by atoms with van der Waals surface area (Å²) in [6.45, 7) is 1.53. The molecule has 0 saturated heterocycles. The van der Waals surface area contributed by atoms with E-state index in [2.05, 4.69) is 4.98 Å². The number of pyridine rings is 1. The van der Waals surface area contributed by atoms with Crippen LogP contribution in [0.2, 0.25) is 5.15 Å². The molecule has 0 atom stereocenters. The number of hydrogen-bond donors (Lipinski definition) is 0. The fourth-order valence-electron chi connectivity index (χ4n) is 1.04. The zero-order valence-electron chi connectivity index (χ0n) is 8.74. The summed E-state index contributed by atoms with van der Waals surface area (Å²) in [5.74, 6) is 0.300. The molecule has 0 aliphatic carbocycles. The predicted molar refractivity (Wildman–Crippen MR) is 66.0 cm³/mol. The molecular weight excluding hydrogens is 249 g/mol. The number of carbonyl (C=O) groups excluding carboxylic acids is 1. The van der Waals surface area contributed by atoms with Gasteiger partial charge in [0.15, 0.2) is 5.12 Å². The number of halogens is 2. The molecule has 0 fully saturated rings. The molecule has 0 spiro atoms. The van der Waals surface area contributed by atoms with E-state index in [-0.39, 0.29) is 10.3 Å². The van der Waals surface area contributed by atoms with E-state index in [0.717, 1.165) is 12.6 Å². The van der Waals surface area contributed by atoms with E-state index >= 15 is 0 Å². The third-order valence-corrected chi connectivity index (χ3v) is 2.88. The van der Waals surface area contributed by atoms with E-state index in [1.54, 1.807) is 6.08 Å². The van der Waals surface area contributed by atoms with Gasteiger partial charge in [-0.15, -0.1) is 0 Å². The molecule has 5 heteroatoms. The maximum absolute atomic E-state index is 12.8. The van der Waals surface area contributed by atoms with E-state index in [9.17, 15) is 9.18 Å². The normalized spacial score (nSPS) is 10.9. The lowest BCUT2D eigenvalue weighted by Crippen LogP contribution is -1.85. The highest BCUT2D eigenvalue weighted by molar-refractivity contribution is 8.13. The van der Waals surface area contributed by atoms with Crippen LogP contribution in [0.3, 0.4) is 0 Å². The lowest BCUT2D eigenvalue weighted by atomic mass is 10.2. The van der Waals surface area contributed by atoms with Gasteiger partial charge in [0.1, 0.15) is 11.0 Å². The highest BCUT2D eigenvalue weighted by Crippen LogP contribution is 2.16. The van der Waals surface area contributed by atoms with E-state index in [4.69, 9.17) is 11.6 Å². The quantitative estimate of drug-likeness (QED) is 0.612. The van der Waals surface area contributed by atoms with Crippen molar-refractivity contribution < 1.29 is 9.18 Å². The molecule has 0 saturated carbocycles. The topological polar surface area (TPSA) is 30.0 Å². The summed E-state index contributed by atoms with van der Waals surface area (Å²) in [5, 5.41) is 0.371. The number of allylic oxidation sites excluding steroid dienone is 1. The highest BCUT2D eigenvalue weighted by atomic mass is 35.5. The van der Waals surface area contributed by atoms with Crippen LogP contribution in [0, 0.1) is 5.82 Å². The maximum atomic E-state index is 12.8. The van der Waals surface area contributed by atoms with Gasteiger partial charge in [-0.3, -0.25) is 4.79 Å². The van der Waals surface area contributed by atoms with Gasteiger partial charge in [0.25, 0.3) is 0 Å². The molecular formula is C11H11ClFNOS. The first kappa shape index (κ1) is 13.2. The Hall–Kier alpha value is -0.870. The van der Waals surface area contributed by atoms with Crippen molar-refractivity contribution in [3.63, 3.8) is 0 Å². The van der Waals surface area contributed by atoms with Crippen LogP contribution in [0.4, 0.5) is 4.39 Å². The van der Waals surface area contributed by atoms with Crippen molar-refractivity contribution in [2.24, 2.45) is 0 Å². The molecule has 1 aromatic heterocycles. The fourth-order valence-corrected chi connectivity index (χ4v) is 1.74. The van der Waals surface area contributed by atoms with Gasteiger partial charge in [-0.1, -0.05) is 35.5 Å². The second kappa shape index (κ2) is 6.66.